The van der Waals surface area contributed by atoms with Gasteiger partial charge in [0.1, 0.15) is 0 Å². The summed E-state index contributed by atoms with van der Waals surface area (Å²) in [4.78, 5) is 11.8. The molecule has 6 nitrogen and oxygen atoms in total. The van der Waals surface area contributed by atoms with Gasteiger partial charge in [-0.25, -0.2) is 4.79 Å². The zero-order valence-electron chi connectivity index (χ0n) is 11.4. The summed E-state index contributed by atoms with van der Waals surface area (Å²) in [6.07, 6.45) is 4.10. The molecule has 20 heavy (non-hydrogen) atoms. The highest BCUT2D eigenvalue weighted by Crippen LogP contribution is 2.32. The summed E-state index contributed by atoms with van der Waals surface area (Å²) in [6, 6.07) is 2.85. The number of carbonyl (C=O) groups excluding carboxylic acids is 1. The molecule has 0 saturated carbocycles. The highest BCUT2D eigenvalue weighted by molar-refractivity contribution is 5.96. The fourth-order valence-corrected chi connectivity index (χ4v) is 1.44. The van der Waals surface area contributed by atoms with Crippen LogP contribution >= 0.6 is 0 Å². The Hall–Kier alpha value is -2.39. The SMILES string of the molecule is C#CC(O)OC(=O)c1cc(OCCC)c(OC)cc1N. The normalized spacial score (nSPS) is 11.3. The van der Waals surface area contributed by atoms with Crippen LogP contribution in [0.5, 0.6) is 11.5 Å². The molecule has 0 spiro atoms. The molecule has 1 atom stereocenters. The number of hydrogen-bond acceptors (Lipinski definition) is 6. The van der Waals surface area contributed by atoms with Gasteiger partial charge in [-0.05, 0) is 12.3 Å². The number of methoxy groups -OCH3 is 1. The molecule has 1 aromatic rings. The van der Waals surface area contributed by atoms with E-state index in [0.717, 1.165) is 6.42 Å². The van der Waals surface area contributed by atoms with E-state index in [0.29, 0.717) is 18.1 Å². The quantitative estimate of drug-likeness (QED) is 0.351. The Bertz CT molecular complexity index is 521. The number of benzene rings is 1. The van der Waals surface area contributed by atoms with Crippen molar-refractivity contribution in [3.63, 3.8) is 0 Å². The van der Waals surface area contributed by atoms with Gasteiger partial charge in [-0.1, -0.05) is 6.92 Å². The molecule has 0 aliphatic carbocycles. The molecule has 0 bridgehead atoms. The first-order valence-electron chi connectivity index (χ1n) is 5.99. The fourth-order valence-electron chi connectivity index (χ4n) is 1.44. The summed E-state index contributed by atoms with van der Waals surface area (Å²) in [6.45, 7) is 2.41. The largest absolute Gasteiger partial charge is 0.493 e. The second kappa shape index (κ2) is 7.26. The molecular formula is C14H17NO5. The number of hydrogen-bond donors (Lipinski definition) is 2. The van der Waals surface area contributed by atoms with Crippen molar-refractivity contribution in [1.29, 1.82) is 0 Å². The van der Waals surface area contributed by atoms with Gasteiger partial charge in [-0.2, -0.15) is 0 Å². The maximum atomic E-state index is 11.8. The summed E-state index contributed by atoms with van der Waals surface area (Å²) in [5.41, 5.74) is 5.93. The van der Waals surface area contributed by atoms with E-state index in [-0.39, 0.29) is 11.3 Å². The zero-order valence-corrected chi connectivity index (χ0v) is 11.4. The number of aliphatic hydroxyl groups excluding tert-OH is 1. The van der Waals surface area contributed by atoms with E-state index in [1.54, 1.807) is 0 Å². The molecule has 0 aliphatic heterocycles. The third kappa shape index (κ3) is 3.80. The number of anilines is 1. The molecule has 1 unspecified atom stereocenters. The van der Waals surface area contributed by atoms with Gasteiger partial charge in [0.05, 0.1) is 25.0 Å². The van der Waals surface area contributed by atoms with Crippen LogP contribution < -0.4 is 15.2 Å². The van der Waals surface area contributed by atoms with Crippen LogP contribution in [0.15, 0.2) is 12.1 Å². The van der Waals surface area contributed by atoms with E-state index in [9.17, 15) is 4.79 Å². The first kappa shape index (κ1) is 15.7. The highest BCUT2D eigenvalue weighted by atomic mass is 16.6. The van der Waals surface area contributed by atoms with Crippen LogP contribution in [0, 0.1) is 12.3 Å². The van der Waals surface area contributed by atoms with Crippen molar-refractivity contribution in [3.05, 3.63) is 17.7 Å². The molecule has 108 valence electrons. The van der Waals surface area contributed by atoms with E-state index in [4.69, 9.17) is 26.7 Å². The number of nitrogen functional groups attached to an aromatic ring is 1. The predicted molar refractivity (Wildman–Crippen MR) is 73.4 cm³/mol. The lowest BCUT2D eigenvalue weighted by Crippen LogP contribution is -2.17. The van der Waals surface area contributed by atoms with Crippen molar-refractivity contribution >= 4 is 11.7 Å². The Morgan fingerprint density at radius 3 is 2.75 bits per heavy atom. The van der Waals surface area contributed by atoms with Gasteiger partial charge in [-0.3, -0.25) is 0 Å². The van der Waals surface area contributed by atoms with Gasteiger partial charge in [-0.15, -0.1) is 6.42 Å². The smallest absolute Gasteiger partial charge is 0.343 e. The Kier molecular flexibility index (Phi) is 5.69. The van der Waals surface area contributed by atoms with Crippen molar-refractivity contribution in [2.75, 3.05) is 19.5 Å². The molecular weight excluding hydrogens is 262 g/mol. The third-order valence-corrected chi connectivity index (χ3v) is 2.38. The van der Waals surface area contributed by atoms with Gasteiger partial charge in [0.15, 0.2) is 11.5 Å². The van der Waals surface area contributed by atoms with E-state index in [2.05, 4.69) is 4.74 Å². The molecule has 0 heterocycles. The van der Waals surface area contributed by atoms with Crippen LogP contribution in [0.4, 0.5) is 5.69 Å². The molecule has 0 amide bonds. The summed E-state index contributed by atoms with van der Waals surface area (Å²) >= 11 is 0. The molecule has 0 fully saturated rings. The van der Waals surface area contributed by atoms with Crippen LogP contribution in [0.25, 0.3) is 0 Å². The Morgan fingerprint density at radius 2 is 2.20 bits per heavy atom. The number of esters is 1. The monoisotopic (exact) mass is 279 g/mol. The van der Waals surface area contributed by atoms with Crippen molar-refractivity contribution in [2.45, 2.75) is 19.6 Å². The molecule has 3 N–H and O–H groups in total. The lowest BCUT2D eigenvalue weighted by Gasteiger charge is -2.14. The zero-order chi connectivity index (χ0) is 15.1. The minimum Gasteiger partial charge on any atom is -0.493 e. The van der Waals surface area contributed by atoms with Crippen LogP contribution in [-0.4, -0.2) is 31.1 Å². The number of terminal acetylenes is 1. The lowest BCUT2D eigenvalue weighted by molar-refractivity contribution is -0.0296. The van der Waals surface area contributed by atoms with Gasteiger partial charge in [0.25, 0.3) is 6.29 Å². The molecule has 0 saturated heterocycles. The average Bonchev–Trinajstić information content (AvgIpc) is 2.45. The van der Waals surface area contributed by atoms with Crippen LogP contribution in [0.3, 0.4) is 0 Å². The first-order chi connectivity index (χ1) is 9.53. The maximum absolute atomic E-state index is 11.8. The number of rotatable bonds is 6. The van der Waals surface area contributed by atoms with Gasteiger partial charge >= 0.3 is 5.97 Å². The molecule has 6 heteroatoms. The topological polar surface area (TPSA) is 91.0 Å². The number of nitrogens with two attached hydrogens (primary N) is 1. The average molecular weight is 279 g/mol. The minimum absolute atomic E-state index is 0.0474. The Labute approximate surface area is 117 Å². The van der Waals surface area contributed by atoms with Gasteiger partial charge in [0, 0.05) is 12.1 Å². The van der Waals surface area contributed by atoms with Crippen molar-refractivity contribution < 1.29 is 24.1 Å². The second-order valence-electron chi connectivity index (χ2n) is 3.86. The van der Waals surface area contributed by atoms with Crippen LogP contribution in [0.1, 0.15) is 23.7 Å². The molecule has 0 aliphatic rings. The standard InChI is InChI=1S/C14H17NO5/c1-4-6-19-12-7-9(10(15)8-11(12)18-3)14(17)20-13(16)5-2/h2,7-8,13,16H,4,6,15H2,1,3H3. The lowest BCUT2D eigenvalue weighted by atomic mass is 10.1. The Balaban J connectivity index is 3.07. The number of carbonyl (C=O) groups is 1. The molecule has 1 rings (SSSR count). The predicted octanol–water partition coefficient (Wildman–Crippen LogP) is 1.17. The fraction of sp³-hybridized carbons (Fsp3) is 0.357. The molecule has 0 aromatic heterocycles. The van der Waals surface area contributed by atoms with E-state index in [1.165, 1.54) is 19.2 Å². The van der Waals surface area contributed by atoms with Crippen LogP contribution in [-0.2, 0) is 4.74 Å². The van der Waals surface area contributed by atoms with Gasteiger partial charge in [0.2, 0.25) is 0 Å². The number of ether oxygens (including phenoxy) is 3. The van der Waals surface area contributed by atoms with E-state index in [1.807, 2.05) is 12.8 Å². The van der Waals surface area contributed by atoms with E-state index >= 15 is 0 Å². The molecule has 0 radical (unpaired) electrons. The van der Waals surface area contributed by atoms with Crippen molar-refractivity contribution in [2.24, 2.45) is 0 Å². The van der Waals surface area contributed by atoms with Crippen molar-refractivity contribution in [1.82, 2.24) is 0 Å². The highest BCUT2D eigenvalue weighted by Gasteiger charge is 2.18. The maximum Gasteiger partial charge on any atom is 0.343 e. The first-order valence-corrected chi connectivity index (χ1v) is 5.99. The molecule has 1 aromatic carbocycles. The minimum atomic E-state index is -1.62. The number of aliphatic hydroxyl groups is 1. The summed E-state index contributed by atoms with van der Waals surface area (Å²) < 4.78 is 15.2. The third-order valence-electron chi connectivity index (χ3n) is 2.38. The summed E-state index contributed by atoms with van der Waals surface area (Å²) in [5.74, 6) is 1.81. The van der Waals surface area contributed by atoms with Crippen molar-refractivity contribution in [3.8, 4) is 23.8 Å². The van der Waals surface area contributed by atoms with E-state index < -0.39 is 12.3 Å². The Morgan fingerprint density at radius 1 is 1.50 bits per heavy atom. The summed E-state index contributed by atoms with van der Waals surface area (Å²) in [5, 5.41) is 9.12. The van der Waals surface area contributed by atoms with Gasteiger partial charge < -0.3 is 25.1 Å². The van der Waals surface area contributed by atoms with Crippen LogP contribution in [0.2, 0.25) is 0 Å². The second-order valence-corrected chi connectivity index (χ2v) is 3.86. The summed E-state index contributed by atoms with van der Waals surface area (Å²) in [7, 11) is 1.47.